The molecule has 0 unspecified atom stereocenters. The molecule has 96 valence electrons. The summed E-state index contributed by atoms with van der Waals surface area (Å²) in [5, 5.41) is 2.90. The molecule has 0 spiro atoms. The third-order valence-electron chi connectivity index (χ3n) is 2.82. The van der Waals surface area contributed by atoms with Gasteiger partial charge < -0.3 is 15.2 Å². The molecule has 0 aliphatic carbocycles. The Kier molecular flexibility index (Phi) is 4.69. The Bertz CT molecular complexity index is 362. The van der Waals surface area contributed by atoms with Crippen molar-refractivity contribution in [1.29, 1.82) is 0 Å². The fraction of sp³-hybridized carbons (Fsp3) is 0.667. The van der Waals surface area contributed by atoms with Crippen LogP contribution in [0.25, 0.3) is 0 Å². The zero-order valence-corrected chi connectivity index (χ0v) is 11.2. The molecule has 0 bridgehead atoms. The van der Waals surface area contributed by atoms with E-state index in [0.717, 1.165) is 5.69 Å². The quantitative estimate of drug-likeness (QED) is 0.805. The molecule has 0 aliphatic heterocycles. The number of amides is 1. The lowest BCUT2D eigenvalue weighted by atomic mass is 10.0. The number of carbonyl (C=O) groups is 1. The predicted octanol–water partition coefficient (Wildman–Crippen LogP) is 1.03. The van der Waals surface area contributed by atoms with Crippen LogP contribution in [0.5, 0.6) is 0 Å². The van der Waals surface area contributed by atoms with Crippen LogP contribution in [0.3, 0.4) is 0 Å². The third kappa shape index (κ3) is 3.85. The molecule has 0 radical (unpaired) electrons. The summed E-state index contributed by atoms with van der Waals surface area (Å²) in [5.74, 6) is 0.720. The molecule has 1 atom stereocenters. The van der Waals surface area contributed by atoms with Crippen LogP contribution in [-0.4, -0.2) is 47.5 Å². The highest BCUT2D eigenvalue weighted by Crippen LogP contribution is 2.06. The molecular weight excluding hydrogens is 216 g/mol. The first-order chi connectivity index (χ1) is 7.91. The van der Waals surface area contributed by atoms with Crippen molar-refractivity contribution in [2.45, 2.75) is 26.8 Å². The average Bonchev–Trinajstić information content (AvgIpc) is 2.63. The Morgan fingerprint density at radius 3 is 2.59 bits per heavy atom. The normalized spacial score (nSPS) is 13.1. The minimum atomic E-state index is -0.148. The number of hydrogen-bond donors (Lipinski definition) is 2. The van der Waals surface area contributed by atoms with E-state index < -0.39 is 0 Å². The fourth-order valence-electron chi connectivity index (χ4n) is 1.82. The van der Waals surface area contributed by atoms with Gasteiger partial charge in [-0.2, -0.15) is 0 Å². The summed E-state index contributed by atoms with van der Waals surface area (Å²) >= 11 is 0. The molecule has 1 amide bonds. The van der Waals surface area contributed by atoms with Crippen LogP contribution in [-0.2, 0) is 0 Å². The van der Waals surface area contributed by atoms with Gasteiger partial charge in [0.15, 0.2) is 5.82 Å². The summed E-state index contributed by atoms with van der Waals surface area (Å²) in [6.07, 6.45) is 1.65. The van der Waals surface area contributed by atoms with Gasteiger partial charge in [-0.05, 0) is 26.9 Å². The van der Waals surface area contributed by atoms with E-state index in [2.05, 4.69) is 34.0 Å². The van der Waals surface area contributed by atoms with E-state index in [1.807, 2.05) is 21.0 Å². The van der Waals surface area contributed by atoms with Crippen molar-refractivity contribution in [3.05, 3.63) is 17.7 Å². The molecule has 0 aliphatic rings. The van der Waals surface area contributed by atoms with E-state index in [0.29, 0.717) is 24.3 Å². The van der Waals surface area contributed by atoms with Crippen molar-refractivity contribution in [2.24, 2.45) is 5.92 Å². The molecule has 0 saturated heterocycles. The van der Waals surface area contributed by atoms with Gasteiger partial charge in [0.05, 0.1) is 0 Å². The Labute approximate surface area is 103 Å². The standard InChI is InChI=1S/C12H22N4O/c1-8(2)10(16(4)5)7-14-12(17)11-13-6-9(3)15-11/h6,8,10H,7H2,1-5H3,(H,13,15)(H,14,17)/t10-/m0/s1. The topological polar surface area (TPSA) is 61.0 Å². The number of hydrogen-bond acceptors (Lipinski definition) is 3. The molecule has 1 rings (SSSR count). The number of rotatable bonds is 5. The molecule has 17 heavy (non-hydrogen) atoms. The predicted molar refractivity (Wildman–Crippen MR) is 68.0 cm³/mol. The van der Waals surface area contributed by atoms with Crippen molar-refractivity contribution >= 4 is 5.91 Å². The number of carbonyl (C=O) groups excluding carboxylic acids is 1. The third-order valence-corrected chi connectivity index (χ3v) is 2.82. The summed E-state index contributed by atoms with van der Waals surface area (Å²) in [5.41, 5.74) is 0.892. The van der Waals surface area contributed by atoms with Crippen LogP contribution in [0.4, 0.5) is 0 Å². The molecule has 0 fully saturated rings. The number of imidazole rings is 1. The van der Waals surface area contributed by atoms with Crippen LogP contribution in [0.1, 0.15) is 30.2 Å². The van der Waals surface area contributed by atoms with Crippen molar-refractivity contribution in [1.82, 2.24) is 20.2 Å². The minimum Gasteiger partial charge on any atom is -0.348 e. The highest BCUT2D eigenvalue weighted by molar-refractivity contribution is 5.90. The fourth-order valence-corrected chi connectivity index (χ4v) is 1.82. The molecule has 0 saturated carbocycles. The first-order valence-electron chi connectivity index (χ1n) is 5.88. The lowest BCUT2D eigenvalue weighted by Gasteiger charge is -2.27. The van der Waals surface area contributed by atoms with E-state index in [1.54, 1.807) is 6.20 Å². The Morgan fingerprint density at radius 2 is 2.18 bits per heavy atom. The molecule has 0 aromatic carbocycles. The van der Waals surface area contributed by atoms with E-state index >= 15 is 0 Å². The Balaban J connectivity index is 2.52. The first kappa shape index (κ1) is 13.7. The van der Waals surface area contributed by atoms with Gasteiger partial charge in [-0.3, -0.25) is 4.79 Å². The summed E-state index contributed by atoms with van der Waals surface area (Å²) in [7, 11) is 4.04. The zero-order chi connectivity index (χ0) is 13.0. The maximum absolute atomic E-state index is 11.8. The van der Waals surface area contributed by atoms with E-state index in [1.165, 1.54) is 0 Å². The maximum Gasteiger partial charge on any atom is 0.287 e. The van der Waals surface area contributed by atoms with Gasteiger partial charge in [0.1, 0.15) is 0 Å². The Hall–Kier alpha value is -1.36. The van der Waals surface area contributed by atoms with Crippen molar-refractivity contribution in [3.8, 4) is 0 Å². The van der Waals surface area contributed by atoms with Gasteiger partial charge >= 0.3 is 0 Å². The molecule has 1 heterocycles. The lowest BCUT2D eigenvalue weighted by Crippen LogP contribution is -2.43. The molecule has 5 heteroatoms. The summed E-state index contributed by atoms with van der Waals surface area (Å²) in [4.78, 5) is 20.8. The van der Waals surface area contributed by atoms with Crippen LogP contribution >= 0.6 is 0 Å². The second kappa shape index (κ2) is 5.82. The number of nitrogens with zero attached hydrogens (tertiary/aromatic N) is 2. The van der Waals surface area contributed by atoms with Crippen LogP contribution in [0.15, 0.2) is 6.20 Å². The summed E-state index contributed by atoms with van der Waals surface area (Å²) in [6.45, 7) is 6.80. The smallest absolute Gasteiger partial charge is 0.287 e. The maximum atomic E-state index is 11.8. The van der Waals surface area contributed by atoms with Crippen molar-refractivity contribution < 1.29 is 4.79 Å². The largest absolute Gasteiger partial charge is 0.348 e. The summed E-state index contributed by atoms with van der Waals surface area (Å²) < 4.78 is 0. The van der Waals surface area contributed by atoms with E-state index in [-0.39, 0.29) is 5.91 Å². The van der Waals surface area contributed by atoms with Gasteiger partial charge in [0, 0.05) is 24.5 Å². The van der Waals surface area contributed by atoms with Gasteiger partial charge in [0.25, 0.3) is 5.91 Å². The van der Waals surface area contributed by atoms with Crippen LogP contribution < -0.4 is 5.32 Å². The summed E-state index contributed by atoms with van der Waals surface area (Å²) in [6, 6.07) is 0.329. The molecule has 5 nitrogen and oxygen atoms in total. The molecule has 1 aromatic heterocycles. The van der Waals surface area contributed by atoms with Crippen LogP contribution in [0.2, 0.25) is 0 Å². The van der Waals surface area contributed by atoms with E-state index in [4.69, 9.17) is 0 Å². The Morgan fingerprint density at radius 1 is 1.53 bits per heavy atom. The number of H-pyrrole nitrogens is 1. The second-order valence-corrected chi connectivity index (χ2v) is 4.90. The van der Waals surface area contributed by atoms with Gasteiger partial charge in [-0.15, -0.1) is 0 Å². The molecule has 1 aromatic rings. The SMILES string of the molecule is Cc1cnc(C(=O)NC[C@@H](C(C)C)N(C)C)[nH]1. The van der Waals surface area contributed by atoms with Crippen molar-refractivity contribution in [3.63, 3.8) is 0 Å². The number of aryl methyl sites for hydroxylation is 1. The van der Waals surface area contributed by atoms with Gasteiger partial charge in [-0.25, -0.2) is 4.98 Å². The monoisotopic (exact) mass is 238 g/mol. The first-order valence-corrected chi connectivity index (χ1v) is 5.88. The minimum absolute atomic E-state index is 0.148. The number of aromatic nitrogens is 2. The second-order valence-electron chi connectivity index (χ2n) is 4.90. The van der Waals surface area contributed by atoms with Crippen molar-refractivity contribution in [2.75, 3.05) is 20.6 Å². The number of nitrogens with one attached hydrogen (secondary N) is 2. The lowest BCUT2D eigenvalue weighted by molar-refractivity contribution is 0.0925. The number of aromatic amines is 1. The molecule has 2 N–H and O–H groups in total. The van der Waals surface area contributed by atoms with Crippen LogP contribution in [0, 0.1) is 12.8 Å². The van der Waals surface area contributed by atoms with Gasteiger partial charge in [-0.1, -0.05) is 13.8 Å². The molecular formula is C12H22N4O. The highest BCUT2D eigenvalue weighted by atomic mass is 16.2. The number of likely N-dealkylation sites (N-methyl/N-ethyl adjacent to an activating group) is 1. The average molecular weight is 238 g/mol. The van der Waals surface area contributed by atoms with Gasteiger partial charge in [0.2, 0.25) is 0 Å². The van der Waals surface area contributed by atoms with E-state index in [9.17, 15) is 4.79 Å². The zero-order valence-electron chi connectivity index (χ0n) is 11.2. The highest BCUT2D eigenvalue weighted by Gasteiger charge is 2.17.